The van der Waals surface area contributed by atoms with Crippen molar-refractivity contribution in [2.24, 2.45) is 0 Å². The zero-order valence-corrected chi connectivity index (χ0v) is 12.6. The molecule has 0 radical (unpaired) electrons. The number of hydrogen-bond donors (Lipinski definition) is 3. The summed E-state index contributed by atoms with van der Waals surface area (Å²) in [6, 6.07) is 0.847. The van der Waals surface area contributed by atoms with E-state index in [1.165, 1.54) is 6.07 Å². The van der Waals surface area contributed by atoms with E-state index in [1.807, 2.05) is 13.8 Å². The maximum absolute atomic E-state index is 11.9. The second-order valence-electron chi connectivity index (χ2n) is 4.94. The highest BCUT2D eigenvalue weighted by Crippen LogP contribution is 2.12. The van der Waals surface area contributed by atoms with Crippen LogP contribution in [0.4, 0.5) is 5.82 Å². The van der Waals surface area contributed by atoms with Crippen molar-refractivity contribution in [2.75, 3.05) is 12.4 Å². The molecule has 1 amide bonds. The molecule has 1 heterocycles. The van der Waals surface area contributed by atoms with Gasteiger partial charge in [-0.15, -0.1) is 0 Å². The van der Waals surface area contributed by atoms with Crippen molar-refractivity contribution in [3.63, 3.8) is 0 Å². The predicted octanol–water partition coefficient (Wildman–Crippen LogP) is 0.789. The number of hydrogen-bond acceptors (Lipinski definition) is 5. The van der Waals surface area contributed by atoms with Crippen LogP contribution in [0, 0.1) is 0 Å². The van der Waals surface area contributed by atoms with Crippen LogP contribution in [0.3, 0.4) is 0 Å². The number of H-pyrrole nitrogens is 1. The fourth-order valence-corrected chi connectivity index (χ4v) is 1.82. The predicted molar refractivity (Wildman–Crippen MR) is 80.3 cm³/mol. The van der Waals surface area contributed by atoms with Gasteiger partial charge < -0.3 is 15.4 Å². The van der Waals surface area contributed by atoms with E-state index in [0.717, 1.165) is 6.42 Å². The van der Waals surface area contributed by atoms with Gasteiger partial charge in [0.25, 0.3) is 0 Å². The minimum absolute atomic E-state index is 0.0814. The lowest BCUT2D eigenvalue weighted by Gasteiger charge is -2.14. The van der Waals surface area contributed by atoms with E-state index >= 15 is 0 Å². The molecule has 1 rings (SSSR count). The summed E-state index contributed by atoms with van der Waals surface area (Å²) in [7, 11) is 1.54. The fraction of sp³-hybridized carbons (Fsp3) is 0.571. The number of anilines is 1. The molecular formula is C14H22N4O3. The largest absolute Gasteiger partial charge is 0.361 e. The molecular weight excluding hydrogens is 272 g/mol. The van der Waals surface area contributed by atoms with Crippen LogP contribution in [0.2, 0.25) is 0 Å². The first-order chi connectivity index (χ1) is 10.0. The number of aromatic nitrogens is 2. The van der Waals surface area contributed by atoms with Gasteiger partial charge in [-0.1, -0.05) is 13.8 Å². The number of carbonyl (C=O) groups is 2. The van der Waals surface area contributed by atoms with Crippen molar-refractivity contribution in [3.8, 4) is 0 Å². The Morgan fingerprint density at radius 2 is 2.24 bits per heavy atom. The maximum atomic E-state index is 11.9. The standard InChI is InChI=1S/C14H22N4O3/c1-4-9(2)14-11(20)7-12(17-18-14)16-10(8-19)5-6-13(21)15-3/h7-10H,4-6H2,1-3H3,(H,15,21)(H2,16,17,20). The van der Waals surface area contributed by atoms with Gasteiger partial charge in [-0.3, -0.25) is 14.7 Å². The third-order valence-electron chi connectivity index (χ3n) is 3.37. The summed E-state index contributed by atoms with van der Waals surface area (Å²) in [6.07, 6.45) is 2.11. The maximum Gasteiger partial charge on any atom is 0.219 e. The summed E-state index contributed by atoms with van der Waals surface area (Å²) in [5.41, 5.74) is 0.317. The van der Waals surface area contributed by atoms with Gasteiger partial charge in [-0.25, -0.2) is 0 Å². The first-order valence-corrected chi connectivity index (χ1v) is 7.03. The molecule has 0 saturated carbocycles. The first-order valence-electron chi connectivity index (χ1n) is 7.03. The zero-order chi connectivity index (χ0) is 15.8. The fourth-order valence-electron chi connectivity index (χ4n) is 1.82. The summed E-state index contributed by atoms with van der Waals surface area (Å²) < 4.78 is 0. The third-order valence-corrected chi connectivity index (χ3v) is 3.37. The monoisotopic (exact) mass is 294 g/mol. The van der Waals surface area contributed by atoms with Crippen LogP contribution in [-0.2, 0) is 9.59 Å². The highest BCUT2D eigenvalue weighted by atomic mass is 16.1. The number of aldehydes is 1. The van der Waals surface area contributed by atoms with E-state index in [-0.39, 0.29) is 23.7 Å². The Morgan fingerprint density at radius 1 is 1.52 bits per heavy atom. The molecule has 2 atom stereocenters. The number of aromatic amines is 1. The van der Waals surface area contributed by atoms with E-state index < -0.39 is 6.04 Å². The molecule has 0 saturated heterocycles. The Kier molecular flexibility index (Phi) is 6.58. The van der Waals surface area contributed by atoms with Crippen LogP contribution in [0.25, 0.3) is 0 Å². The van der Waals surface area contributed by atoms with E-state index in [9.17, 15) is 14.4 Å². The average molecular weight is 294 g/mol. The molecule has 0 fully saturated rings. The molecule has 21 heavy (non-hydrogen) atoms. The quantitative estimate of drug-likeness (QED) is 0.615. The number of amides is 1. The smallest absolute Gasteiger partial charge is 0.219 e. The SMILES string of the molecule is CCC(C)c1n[nH]c(NC(C=O)CCC(=O)NC)cc1=O. The molecule has 0 aromatic carbocycles. The minimum Gasteiger partial charge on any atom is -0.361 e. The second-order valence-corrected chi connectivity index (χ2v) is 4.94. The van der Waals surface area contributed by atoms with Crippen molar-refractivity contribution in [3.05, 3.63) is 22.0 Å². The Balaban J connectivity index is 2.73. The molecule has 0 aliphatic carbocycles. The van der Waals surface area contributed by atoms with Gasteiger partial charge in [0.05, 0.1) is 6.04 Å². The Hall–Kier alpha value is -2.18. The topological polar surface area (TPSA) is 104 Å². The van der Waals surface area contributed by atoms with Crippen molar-refractivity contribution in [1.29, 1.82) is 0 Å². The summed E-state index contributed by atoms with van der Waals surface area (Å²) >= 11 is 0. The molecule has 1 aromatic rings. The van der Waals surface area contributed by atoms with Crippen molar-refractivity contribution in [1.82, 2.24) is 15.5 Å². The molecule has 0 aliphatic heterocycles. The summed E-state index contributed by atoms with van der Waals surface area (Å²) in [6.45, 7) is 3.92. The van der Waals surface area contributed by atoms with Gasteiger partial charge >= 0.3 is 0 Å². The molecule has 1 aromatic heterocycles. The molecule has 7 nitrogen and oxygen atoms in total. The molecule has 3 N–H and O–H groups in total. The van der Waals surface area contributed by atoms with Crippen molar-refractivity contribution >= 4 is 18.0 Å². The van der Waals surface area contributed by atoms with Gasteiger partial charge in [-0.2, -0.15) is 5.10 Å². The van der Waals surface area contributed by atoms with Gasteiger partial charge in [-0.05, 0) is 12.8 Å². The third kappa shape index (κ3) is 5.02. The van der Waals surface area contributed by atoms with Crippen LogP contribution in [0.1, 0.15) is 44.7 Å². The lowest BCUT2D eigenvalue weighted by atomic mass is 10.0. The Morgan fingerprint density at radius 3 is 2.76 bits per heavy atom. The van der Waals surface area contributed by atoms with Gasteiger partial charge in [0.2, 0.25) is 11.3 Å². The summed E-state index contributed by atoms with van der Waals surface area (Å²) in [5.74, 6) is 0.321. The Labute approximate surface area is 123 Å². The molecule has 0 aliphatic rings. The van der Waals surface area contributed by atoms with Crippen molar-refractivity contribution < 1.29 is 9.59 Å². The number of rotatable bonds is 8. The number of nitrogens with one attached hydrogen (secondary N) is 3. The van der Waals surface area contributed by atoms with Crippen LogP contribution in [0.15, 0.2) is 10.9 Å². The van der Waals surface area contributed by atoms with Gasteiger partial charge in [0, 0.05) is 25.5 Å². The molecule has 7 heteroatoms. The van der Waals surface area contributed by atoms with E-state index in [1.54, 1.807) is 7.05 Å². The second kappa shape index (κ2) is 8.18. The van der Waals surface area contributed by atoms with E-state index in [2.05, 4.69) is 20.8 Å². The molecule has 2 unspecified atom stereocenters. The van der Waals surface area contributed by atoms with E-state index in [4.69, 9.17) is 0 Å². The lowest BCUT2D eigenvalue weighted by molar-refractivity contribution is -0.120. The van der Waals surface area contributed by atoms with E-state index in [0.29, 0.717) is 24.2 Å². The van der Waals surface area contributed by atoms with Crippen LogP contribution >= 0.6 is 0 Å². The van der Waals surface area contributed by atoms with Crippen LogP contribution in [-0.4, -0.2) is 35.5 Å². The zero-order valence-electron chi connectivity index (χ0n) is 12.6. The average Bonchev–Trinajstić information content (AvgIpc) is 2.50. The van der Waals surface area contributed by atoms with Crippen LogP contribution < -0.4 is 16.1 Å². The lowest BCUT2D eigenvalue weighted by Crippen LogP contribution is -2.27. The summed E-state index contributed by atoms with van der Waals surface area (Å²) in [5, 5.41) is 12.1. The molecule has 0 spiro atoms. The minimum atomic E-state index is -0.547. The first kappa shape index (κ1) is 16.9. The molecule has 116 valence electrons. The Bertz CT molecular complexity index is 541. The highest BCUT2D eigenvalue weighted by Gasteiger charge is 2.13. The normalized spacial score (nSPS) is 13.3. The van der Waals surface area contributed by atoms with Crippen LogP contribution in [0.5, 0.6) is 0 Å². The van der Waals surface area contributed by atoms with Gasteiger partial charge in [0.1, 0.15) is 17.8 Å². The van der Waals surface area contributed by atoms with Gasteiger partial charge in [0.15, 0.2) is 0 Å². The highest BCUT2D eigenvalue weighted by molar-refractivity contribution is 5.76. The number of nitrogens with zero attached hydrogens (tertiary/aromatic N) is 1. The number of carbonyl (C=O) groups excluding carboxylic acids is 2. The summed E-state index contributed by atoms with van der Waals surface area (Å²) in [4.78, 5) is 34.1. The molecule has 0 bridgehead atoms. The van der Waals surface area contributed by atoms with Crippen molar-refractivity contribution in [2.45, 2.75) is 45.1 Å².